The van der Waals surface area contributed by atoms with Crippen molar-refractivity contribution < 1.29 is 24.9 Å². The van der Waals surface area contributed by atoms with Crippen molar-refractivity contribution in [3.05, 3.63) is 70.9 Å². The van der Waals surface area contributed by atoms with Gasteiger partial charge in [0, 0.05) is 24.4 Å². The van der Waals surface area contributed by atoms with Gasteiger partial charge in [0.2, 0.25) is 0 Å². The summed E-state index contributed by atoms with van der Waals surface area (Å²) in [6.45, 7) is 4.50. The monoisotopic (exact) mass is 365 g/mol. The molecule has 0 radical (unpaired) electrons. The molecule has 1 heterocycles. The highest BCUT2D eigenvalue weighted by atomic mass is 16.4. The molecule has 6 nitrogen and oxygen atoms in total. The number of fused-ring (bicyclic) bond motifs is 1. The molecular formula is C21H19NO5. The molecule has 0 saturated carbocycles. The minimum absolute atomic E-state index is 0.0649. The van der Waals surface area contributed by atoms with Crippen LogP contribution >= 0.6 is 0 Å². The number of aromatic hydroxyl groups is 1. The van der Waals surface area contributed by atoms with E-state index in [9.17, 15) is 19.8 Å². The fourth-order valence-electron chi connectivity index (χ4n) is 3.08. The number of phenolic OH excluding ortho intramolecular Hbond substituents is 1. The van der Waals surface area contributed by atoms with Gasteiger partial charge in [-0.15, -0.1) is 0 Å². The van der Waals surface area contributed by atoms with Crippen molar-refractivity contribution in [3.63, 3.8) is 0 Å². The first kappa shape index (κ1) is 18.3. The van der Waals surface area contributed by atoms with E-state index < -0.39 is 17.5 Å². The second kappa shape index (κ2) is 6.99. The number of carbonyl (C=O) groups excluding carboxylic acids is 1. The van der Waals surface area contributed by atoms with Gasteiger partial charge in [-0.2, -0.15) is 0 Å². The molecule has 0 spiro atoms. The van der Waals surface area contributed by atoms with E-state index >= 15 is 0 Å². The number of benzene rings is 2. The molecule has 0 unspecified atom stereocenters. The maximum Gasteiger partial charge on any atom is 0.376 e. The van der Waals surface area contributed by atoms with Crippen molar-refractivity contribution in [2.45, 2.75) is 20.4 Å². The molecule has 138 valence electrons. The lowest BCUT2D eigenvalue weighted by molar-refractivity contribution is -0.146. The smallest absolute Gasteiger partial charge is 0.376 e. The van der Waals surface area contributed by atoms with Gasteiger partial charge in [-0.25, -0.2) is 4.79 Å². The number of ketones is 1. The standard InChI is InChI=1S/C21H19NO5/c1-12-6-7-13(2)14(8-12)10-22-11-15(18(24)9-19(25)21(26)27)20-16(22)4-3-5-17(20)23/h3-9,11,23-24H,10H2,1-2H3,(H,26,27). The van der Waals surface area contributed by atoms with Crippen LogP contribution < -0.4 is 0 Å². The molecule has 0 aliphatic carbocycles. The number of carboxylic acid groups (broad SMARTS) is 1. The van der Waals surface area contributed by atoms with Gasteiger partial charge in [0.25, 0.3) is 5.78 Å². The molecule has 0 aliphatic heterocycles. The highest BCUT2D eigenvalue weighted by Crippen LogP contribution is 2.33. The molecule has 3 rings (SSSR count). The average molecular weight is 365 g/mol. The van der Waals surface area contributed by atoms with Crippen LogP contribution in [0.4, 0.5) is 0 Å². The second-order valence-electron chi connectivity index (χ2n) is 6.47. The molecule has 0 amide bonds. The number of aryl methyl sites for hydroxylation is 2. The number of aromatic nitrogens is 1. The van der Waals surface area contributed by atoms with Gasteiger partial charge in [-0.1, -0.05) is 29.8 Å². The Labute approximate surface area is 155 Å². The van der Waals surface area contributed by atoms with Crippen LogP contribution in [0.1, 0.15) is 22.3 Å². The SMILES string of the molecule is Cc1ccc(C)c(Cn2cc(C(O)=CC(=O)C(=O)O)c3c(O)cccc32)c1. The van der Waals surface area contributed by atoms with E-state index in [0.717, 1.165) is 16.7 Å². The molecule has 2 aromatic carbocycles. The Bertz CT molecular complexity index is 1090. The molecule has 0 fully saturated rings. The number of hydrogen-bond acceptors (Lipinski definition) is 4. The molecule has 6 heteroatoms. The van der Waals surface area contributed by atoms with E-state index in [-0.39, 0.29) is 11.3 Å². The van der Waals surface area contributed by atoms with Gasteiger partial charge >= 0.3 is 5.97 Å². The Morgan fingerprint density at radius 2 is 1.85 bits per heavy atom. The normalized spacial score (nSPS) is 11.7. The van der Waals surface area contributed by atoms with Crippen molar-refractivity contribution in [3.8, 4) is 5.75 Å². The van der Waals surface area contributed by atoms with Gasteiger partial charge in [-0.3, -0.25) is 4.79 Å². The molecule has 0 atom stereocenters. The Hall–Kier alpha value is -3.54. The molecule has 0 bridgehead atoms. The van der Waals surface area contributed by atoms with Crippen LogP contribution in [0, 0.1) is 13.8 Å². The zero-order chi connectivity index (χ0) is 19.7. The summed E-state index contributed by atoms with van der Waals surface area (Å²) in [6, 6.07) is 11.1. The molecule has 1 aromatic heterocycles. The van der Waals surface area contributed by atoms with Crippen molar-refractivity contribution in [1.29, 1.82) is 0 Å². The van der Waals surface area contributed by atoms with Gasteiger partial charge in [-0.05, 0) is 37.1 Å². The predicted molar refractivity (Wildman–Crippen MR) is 102 cm³/mol. The van der Waals surface area contributed by atoms with E-state index in [0.29, 0.717) is 23.5 Å². The van der Waals surface area contributed by atoms with E-state index in [1.165, 1.54) is 6.07 Å². The Kier molecular flexibility index (Phi) is 4.73. The molecule has 0 aliphatic rings. The van der Waals surface area contributed by atoms with Crippen LogP contribution in [0.2, 0.25) is 0 Å². The fourth-order valence-corrected chi connectivity index (χ4v) is 3.08. The van der Waals surface area contributed by atoms with Crippen molar-refractivity contribution in [2.75, 3.05) is 0 Å². The number of nitrogens with zero attached hydrogens (tertiary/aromatic N) is 1. The minimum atomic E-state index is -1.66. The lowest BCUT2D eigenvalue weighted by Gasteiger charge is -2.10. The van der Waals surface area contributed by atoms with Crippen LogP contribution in [0.15, 0.2) is 48.7 Å². The largest absolute Gasteiger partial charge is 0.507 e. The number of phenols is 1. The molecule has 3 N–H and O–H groups in total. The summed E-state index contributed by atoms with van der Waals surface area (Å²) in [5, 5.41) is 29.7. The summed E-state index contributed by atoms with van der Waals surface area (Å²) < 4.78 is 1.85. The molecule has 3 aromatic rings. The van der Waals surface area contributed by atoms with Gasteiger partial charge < -0.3 is 19.9 Å². The van der Waals surface area contributed by atoms with Crippen LogP contribution in [0.25, 0.3) is 16.7 Å². The summed E-state index contributed by atoms with van der Waals surface area (Å²) >= 11 is 0. The zero-order valence-corrected chi connectivity index (χ0v) is 14.9. The number of carboxylic acids is 1. The maximum atomic E-state index is 11.4. The first-order chi connectivity index (χ1) is 12.8. The van der Waals surface area contributed by atoms with E-state index in [4.69, 9.17) is 5.11 Å². The molecule has 0 saturated heterocycles. The minimum Gasteiger partial charge on any atom is -0.507 e. The summed E-state index contributed by atoms with van der Waals surface area (Å²) in [6.07, 6.45) is 2.25. The number of aliphatic carboxylic acids is 1. The van der Waals surface area contributed by atoms with Gasteiger partial charge in [0.15, 0.2) is 0 Å². The highest BCUT2D eigenvalue weighted by molar-refractivity contribution is 6.38. The number of hydrogen-bond donors (Lipinski definition) is 3. The van der Waals surface area contributed by atoms with Crippen LogP contribution in [0.3, 0.4) is 0 Å². The maximum absolute atomic E-state index is 11.4. The van der Waals surface area contributed by atoms with Gasteiger partial charge in [0.1, 0.15) is 11.5 Å². The first-order valence-corrected chi connectivity index (χ1v) is 8.33. The summed E-state index contributed by atoms with van der Waals surface area (Å²) in [5.74, 6) is -3.47. The quantitative estimate of drug-likeness (QED) is 0.365. The number of carbonyl (C=O) groups is 2. The molecular weight excluding hydrogens is 346 g/mol. The summed E-state index contributed by atoms with van der Waals surface area (Å²) in [4.78, 5) is 22.2. The third kappa shape index (κ3) is 3.55. The summed E-state index contributed by atoms with van der Waals surface area (Å²) in [7, 11) is 0. The third-order valence-corrected chi connectivity index (χ3v) is 4.48. The molecule has 27 heavy (non-hydrogen) atoms. The summed E-state index contributed by atoms with van der Waals surface area (Å²) in [5.41, 5.74) is 4.15. The number of aliphatic hydroxyl groups excluding tert-OH is 1. The van der Waals surface area contributed by atoms with E-state index in [1.807, 2.05) is 30.5 Å². The van der Waals surface area contributed by atoms with Gasteiger partial charge in [0.05, 0.1) is 10.9 Å². The number of aliphatic hydroxyl groups is 1. The first-order valence-electron chi connectivity index (χ1n) is 8.33. The van der Waals surface area contributed by atoms with Crippen LogP contribution in [-0.4, -0.2) is 31.6 Å². The Balaban J connectivity index is 2.15. The zero-order valence-electron chi connectivity index (χ0n) is 14.9. The lowest BCUT2D eigenvalue weighted by Crippen LogP contribution is -2.09. The van der Waals surface area contributed by atoms with E-state index in [1.54, 1.807) is 18.3 Å². The Morgan fingerprint density at radius 3 is 2.56 bits per heavy atom. The number of rotatable bonds is 5. The fraction of sp³-hybridized carbons (Fsp3) is 0.143. The predicted octanol–water partition coefficient (Wildman–Crippen LogP) is 3.56. The van der Waals surface area contributed by atoms with Crippen LogP contribution in [0.5, 0.6) is 5.75 Å². The lowest BCUT2D eigenvalue weighted by atomic mass is 10.1. The highest BCUT2D eigenvalue weighted by Gasteiger charge is 2.18. The third-order valence-electron chi connectivity index (χ3n) is 4.48. The van der Waals surface area contributed by atoms with Crippen molar-refractivity contribution in [1.82, 2.24) is 4.57 Å². The van der Waals surface area contributed by atoms with Crippen LogP contribution in [-0.2, 0) is 16.1 Å². The topological polar surface area (TPSA) is 99.8 Å². The average Bonchev–Trinajstić information content (AvgIpc) is 2.98. The second-order valence-corrected chi connectivity index (χ2v) is 6.47. The van der Waals surface area contributed by atoms with Crippen molar-refractivity contribution >= 4 is 28.4 Å². The van der Waals surface area contributed by atoms with Crippen molar-refractivity contribution in [2.24, 2.45) is 0 Å². The van der Waals surface area contributed by atoms with E-state index in [2.05, 4.69) is 6.07 Å². The Morgan fingerprint density at radius 1 is 1.11 bits per heavy atom.